The minimum atomic E-state index is -2.95. The van der Waals surface area contributed by atoms with Crippen LogP contribution in [0.3, 0.4) is 0 Å². The van der Waals surface area contributed by atoms with Gasteiger partial charge in [-0.05, 0) is 17.7 Å². The van der Waals surface area contributed by atoms with Gasteiger partial charge in [-0.2, -0.15) is 0 Å². The highest BCUT2D eigenvalue weighted by Gasteiger charge is 2.03. The van der Waals surface area contributed by atoms with E-state index in [2.05, 4.69) is 15.5 Å². The summed E-state index contributed by atoms with van der Waals surface area (Å²) in [7, 11) is -2.95. The Kier molecular flexibility index (Phi) is 5.05. The first kappa shape index (κ1) is 14.4. The van der Waals surface area contributed by atoms with Crippen LogP contribution < -0.4 is 11.1 Å². The third kappa shape index (κ3) is 5.11. The van der Waals surface area contributed by atoms with Crippen molar-refractivity contribution in [2.45, 2.75) is 6.54 Å². The van der Waals surface area contributed by atoms with Crippen molar-refractivity contribution in [2.24, 2.45) is 10.9 Å². The Morgan fingerprint density at radius 1 is 1.61 bits per heavy atom. The summed E-state index contributed by atoms with van der Waals surface area (Å²) in [6.07, 6.45) is 2.73. The lowest BCUT2D eigenvalue weighted by molar-refractivity contribution is 0.318. The zero-order valence-electron chi connectivity index (χ0n) is 10.00. The number of rotatable bonds is 6. The van der Waals surface area contributed by atoms with E-state index in [1.165, 1.54) is 6.26 Å². The maximum Gasteiger partial charge on any atom is 0.188 e. The van der Waals surface area contributed by atoms with Gasteiger partial charge in [0.2, 0.25) is 0 Å². The van der Waals surface area contributed by atoms with Crippen LogP contribution in [0.5, 0.6) is 0 Å². The van der Waals surface area contributed by atoms with Gasteiger partial charge in [0.25, 0.3) is 0 Å². The number of hydrogen-bond acceptors (Lipinski definition) is 6. The van der Waals surface area contributed by atoms with Gasteiger partial charge >= 0.3 is 0 Å². The van der Waals surface area contributed by atoms with Gasteiger partial charge in [0, 0.05) is 25.5 Å². The molecule has 8 heteroatoms. The van der Waals surface area contributed by atoms with Gasteiger partial charge in [-0.25, -0.2) is 8.42 Å². The van der Waals surface area contributed by atoms with E-state index in [9.17, 15) is 8.42 Å². The number of sulfone groups is 1. The summed E-state index contributed by atoms with van der Waals surface area (Å²) in [5.74, 6) is 0.0264. The average molecular weight is 272 g/mol. The van der Waals surface area contributed by atoms with Gasteiger partial charge in [-0.3, -0.25) is 4.98 Å². The van der Waals surface area contributed by atoms with Crippen molar-refractivity contribution in [3.63, 3.8) is 0 Å². The highest BCUT2D eigenvalue weighted by Crippen LogP contribution is 2.01. The van der Waals surface area contributed by atoms with E-state index < -0.39 is 9.84 Å². The van der Waals surface area contributed by atoms with Crippen molar-refractivity contribution in [1.82, 2.24) is 10.3 Å². The molecule has 7 nitrogen and oxygen atoms in total. The standard InChI is InChI=1S/C10H16N4O3S/c1-18(16,17)5-4-12-7-8-2-3-13-9(6-8)10(11)14-15/h2-3,6,12,15H,4-5,7H2,1H3,(H2,11,14). The largest absolute Gasteiger partial charge is 0.409 e. The van der Waals surface area contributed by atoms with Gasteiger partial charge < -0.3 is 16.3 Å². The molecule has 0 spiro atoms. The van der Waals surface area contributed by atoms with Crippen LogP contribution in [0, 0.1) is 0 Å². The summed E-state index contributed by atoms with van der Waals surface area (Å²) in [6, 6.07) is 3.43. The lowest BCUT2D eigenvalue weighted by Crippen LogP contribution is -2.22. The van der Waals surface area contributed by atoms with Crippen LogP contribution in [0.2, 0.25) is 0 Å². The third-order valence-electron chi connectivity index (χ3n) is 2.17. The maximum absolute atomic E-state index is 10.9. The fraction of sp³-hybridized carbons (Fsp3) is 0.400. The van der Waals surface area contributed by atoms with E-state index in [1.54, 1.807) is 18.3 Å². The molecule has 0 aliphatic rings. The van der Waals surface area contributed by atoms with E-state index in [0.29, 0.717) is 18.8 Å². The molecule has 0 unspecified atom stereocenters. The molecule has 1 aromatic heterocycles. The van der Waals surface area contributed by atoms with Crippen molar-refractivity contribution >= 4 is 15.7 Å². The minimum Gasteiger partial charge on any atom is -0.409 e. The van der Waals surface area contributed by atoms with Crippen LogP contribution in [0.4, 0.5) is 0 Å². The lowest BCUT2D eigenvalue weighted by Gasteiger charge is -2.05. The summed E-state index contributed by atoms with van der Waals surface area (Å²) >= 11 is 0. The van der Waals surface area contributed by atoms with Crippen molar-refractivity contribution in [3.05, 3.63) is 29.6 Å². The van der Waals surface area contributed by atoms with E-state index in [4.69, 9.17) is 10.9 Å². The number of nitrogens with one attached hydrogen (secondary N) is 1. The number of oxime groups is 1. The number of pyridine rings is 1. The van der Waals surface area contributed by atoms with Gasteiger partial charge in [0.15, 0.2) is 5.84 Å². The molecule has 0 bridgehead atoms. The molecule has 1 aromatic rings. The second-order valence-electron chi connectivity index (χ2n) is 3.84. The maximum atomic E-state index is 10.9. The summed E-state index contributed by atoms with van der Waals surface area (Å²) < 4.78 is 21.8. The molecule has 0 aliphatic carbocycles. The van der Waals surface area contributed by atoms with Gasteiger partial charge in [-0.15, -0.1) is 0 Å². The second kappa shape index (κ2) is 6.31. The Morgan fingerprint density at radius 3 is 2.94 bits per heavy atom. The minimum absolute atomic E-state index is 0.0621. The monoisotopic (exact) mass is 272 g/mol. The molecule has 1 rings (SSSR count). The van der Waals surface area contributed by atoms with Gasteiger partial charge in [-0.1, -0.05) is 5.16 Å². The first-order valence-corrected chi connectivity index (χ1v) is 7.29. The fourth-order valence-electron chi connectivity index (χ4n) is 1.27. The van der Waals surface area contributed by atoms with Crippen molar-refractivity contribution < 1.29 is 13.6 Å². The molecule has 0 saturated heterocycles. The van der Waals surface area contributed by atoms with Crippen molar-refractivity contribution in [2.75, 3.05) is 18.6 Å². The molecule has 0 saturated carbocycles. The van der Waals surface area contributed by atoms with E-state index in [-0.39, 0.29) is 11.6 Å². The lowest BCUT2D eigenvalue weighted by atomic mass is 10.2. The molecule has 4 N–H and O–H groups in total. The van der Waals surface area contributed by atoms with E-state index >= 15 is 0 Å². The van der Waals surface area contributed by atoms with Crippen LogP contribution in [0.15, 0.2) is 23.5 Å². The molecule has 100 valence electrons. The van der Waals surface area contributed by atoms with Crippen molar-refractivity contribution in [1.29, 1.82) is 0 Å². The first-order valence-electron chi connectivity index (χ1n) is 5.23. The SMILES string of the molecule is CS(=O)(=O)CCNCc1ccnc(C(N)=NO)c1. The Balaban J connectivity index is 2.53. The Labute approximate surface area is 106 Å². The van der Waals surface area contributed by atoms with E-state index in [1.807, 2.05) is 0 Å². The summed E-state index contributed by atoms with van der Waals surface area (Å²) in [6.45, 7) is 0.865. The van der Waals surface area contributed by atoms with Crippen molar-refractivity contribution in [3.8, 4) is 0 Å². The van der Waals surface area contributed by atoms with Crippen LogP contribution in [0.1, 0.15) is 11.3 Å². The van der Waals surface area contributed by atoms with Gasteiger partial charge in [0.05, 0.1) is 5.75 Å². The van der Waals surface area contributed by atoms with Gasteiger partial charge in [0.1, 0.15) is 15.5 Å². The molecule has 0 radical (unpaired) electrons. The zero-order valence-corrected chi connectivity index (χ0v) is 10.8. The Hall–Kier alpha value is -1.67. The van der Waals surface area contributed by atoms with Crippen LogP contribution in [-0.2, 0) is 16.4 Å². The topological polar surface area (TPSA) is 118 Å². The van der Waals surface area contributed by atoms with Crippen LogP contribution in [-0.4, -0.2) is 43.0 Å². The average Bonchev–Trinajstić information content (AvgIpc) is 2.33. The van der Waals surface area contributed by atoms with Crippen LogP contribution >= 0.6 is 0 Å². The molecular formula is C10H16N4O3S. The molecule has 0 aliphatic heterocycles. The number of hydrogen-bond donors (Lipinski definition) is 3. The third-order valence-corrected chi connectivity index (χ3v) is 3.12. The fourth-order valence-corrected chi connectivity index (χ4v) is 1.78. The van der Waals surface area contributed by atoms with Crippen LogP contribution in [0.25, 0.3) is 0 Å². The quantitative estimate of drug-likeness (QED) is 0.207. The zero-order chi connectivity index (χ0) is 13.6. The molecule has 0 amide bonds. The molecule has 1 heterocycles. The molecule has 0 aromatic carbocycles. The normalized spacial score (nSPS) is 12.6. The highest BCUT2D eigenvalue weighted by atomic mass is 32.2. The molecular weight excluding hydrogens is 256 g/mol. The number of nitrogens with two attached hydrogens (primary N) is 1. The predicted octanol–water partition coefficient (Wildman–Crippen LogP) is -0.690. The summed E-state index contributed by atoms with van der Waals surface area (Å²) in [5.41, 5.74) is 6.66. The first-order chi connectivity index (χ1) is 8.42. The summed E-state index contributed by atoms with van der Waals surface area (Å²) in [5, 5.41) is 14.4. The Morgan fingerprint density at radius 2 is 2.33 bits per heavy atom. The smallest absolute Gasteiger partial charge is 0.188 e. The number of amidine groups is 1. The Bertz CT molecular complexity index is 528. The molecule has 0 fully saturated rings. The second-order valence-corrected chi connectivity index (χ2v) is 6.10. The predicted molar refractivity (Wildman–Crippen MR) is 68.2 cm³/mol. The number of nitrogens with zero attached hydrogens (tertiary/aromatic N) is 2. The highest BCUT2D eigenvalue weighted by molar-refractivity contribution is 7.90. The van der Waals surface area contributed by atoms with E-state index in [0.717, 1.165) is 5.56 Å². The summed E-state index contributed by atoms with van der Waals surface area (Å²) in [4.78, 5) is 3.94. The molecule has 0 atom stereocenters. The molecule has 18 heavy (non-hydrogen) atoms. The number of aromatic nitrogens is 1.